The maximum Gasteiger partial charge on any atom is 0.347 e. The average molecular weight is 415 g/mol. The van der Waals surface area contributed by atoms with E-state index in [4.69, 9.17) is 9.47 Å². The highest BCUT2D eigenvalue weighted by molar-refractivity contribution is 6.03. The van der Waals surface area contributed by atoms with E-state index in [0.717, 1.165) is 0 Å². The van der Waals surface area contributed by atoms with Gasteiger partial charge in [0.05, 0.1) is 18.5 Å². The van der Waals surface area contributed by atoms with Gasteiger partial charge in [-0.15, -0.1) is 0 Å². The van der Waals surface area contributed by atoms with E-state index in [2.05, 4.69) is 15.8 Å². The standard InChI is InChI=1S/C21H22FN3O5/c1-3-29-21(28)14(2)30-16-10-8-15(9-11-16)13-23-25-20(27)12-19(26)24-18-7-5-4-6-17(18)22/h4-11,13-14H,3,12H2,1-2H3,(H,24,26)(H,25,27). The van der Waals surface area contributed by atoms with Crippen LogP contribution in [0.2, 0.25) is 0 Å². The lowest BCUT2D eigenvalue weighted by Gasteiger charge is -2.13. The minimum atomic E-state index is -0.737. The van der Waals surface area contributed by atoms with Gasteiger partial charge in [0, 0.05) is 0 Å². The molecule has 158 valence electrons. The first kappa shape index (κ1) is 22.5. The van der Waals surface area contributed by atoms with Gasteiger partial charge < -0.3 is 14.8 Å². The van der Waals surface area contributed by atoms with Gasteiger partial charge in [0.15, 0.2) is 6.10 Å². The fraction of sp³-hybridized carbons (Fsp3) is 0.238. The molecule has 0 fully saturated rings. The number of nitrogens with zero attached hydrogens (tertiary/aromatic N) is 1. The summed E-state index contributed by atoms with van der Waals surface area (Å²) >= 11 is 0. The van der Waals surface area contributed by atoms with E-state index in [9.17, 15) is 18.8 Å². The molecule has 2 aromatic carbocycles. The number of amides is 2. The number of anilines is 1. The van der Waals surface area contributed by atoms with E-state index in [1.54, 1.807) is 44.2 Å². The predicted molar refractivity (Wildman–Crippen MR) is 109 cm³/mol. The molecule has 2 rings (SSSR count). The van der Waals surface area contributed by atoms with Crippen LogP contribution in [0.1, 0.15) is 25.8 Å². The van der Waals surface area contributed by atoms with Crippen LogP contribution in [0.3, 0.4) is 0 Å². The number of rotatable bonds is 9. The third kappa shape index (κ3) is 7.34. The summed E-state index contributed by atoms with van der Waals surface area (Å²) in [5.74, 6) is -1.88. The summed E-state index contributed by atoms with van der Waals surface area (Å²) < 4.78 is 23.8. The minimum Gasteiger partial charge on any atom is -0.479 e. The molecular weight excluding hydrogens is 393 g/mol. The first-order valence-corrected chi connectivity index (χ1v) is 9.18. The molecule has 0 spiro atoms. The van der Waals surface area contributed by atoms with Gasteiger partial charge >= 0.3 is 5.97 Å². The maximum atomic E-state index is 13.5. The van der Waals surface area contributed by atoms with E-state index < -0.39 is 36.1 Å². The van der Waals surface area contributed by atoms with E-state index in [-0.39, 0.29) is 12.3 Å². The molecule has 0 aliphatic heterocycles. The van der Waals surface area contributed by atoms with Crippen LogP contribution in [0.5, 0.6) is 5.75 Å². The molecule has 0 saturated heterocycles. The van der Waals surface area contributed by atoms with Gasteiger partial charge in [0.1, 0.15) is 18.0 Å². The van der Waals surface area contributed by atoms with Crippen molar-refractivity contribution in [2.75, 3.05) is 11.9 Å². The molecule has 0 heterocycles. The van der Waals surface area contributed by atoms with Gasteiger partial charge in [-0.3, -0.25) is 9.59 Å². The van der Waals surface area contributed by atoms with Gasteiger partial charge in [-0.1, -0.05) is 12.1 Å². The Labute approximate surface area is 173 Å². The van der Waals surface area contributed by atoms with Crippen LogP contribution in [-0.4, -0.2) is 36.7 Å². The second-order valence-electron chi connectivity index (χ2n) is 6.08. The molecule has 9 heteroatoms. The summed E-state index contributed by atoms with van der Waals surface area (Å²) in [4.78, 5) is 35.1. The minimum absolute atomic E-state index is 0.00150. The number of ether oxygens (including phenoxy) is 2. The second kappa shape index (κ2) is 11.3. The number of hydrazone groups is 1. The van der Waals surface area contributed by atoms with Crippen LogP contribution >= 0.6 is 0 Å². The van der Waals surface area contributed by atoms with Crippen LogP contribution in [-0.2, 0) is 19.1 Å². The molecule has 2 aromatic rings. The van der Waals surface area contributed by atoms with Crippen LogP contribution in [0.25, 0.3) is 0 Å². The summed E-state index contributed by atoms with van der Waals surface area (Å²) in [6, 6.07) is 12.3. The Morgan fingerprint density at radius 3 is 2.47 bits per heavy atom. The topological polar surface area (TPSA) is 106 Å². The van der Waals surface area contributed by atoms with Crippen molar-refractivity contribution < 1.29 is 28.2 Å². The van der Waals surface area contributed by atoms with E-state index in [1.165, 1.54) is 24.4 Å². The van der Waals surface area contributed by atoms with Crippen molar-refractivity contribution in [2.24, 2.45) is 5.10 Å². The number of carbonyl (C=O) groups excluding carboxylic acids is 3. The lowest BCUT2D eigenvalue weighted by atomic mass is 10.2. The zero-order valence-corrected chi connectivity index (χ0v) is 16.6. The summed E-state index contributed by atoms with van der Waals surface area (Å²) in [6.07, 6.45) is 0.134. The largest absolute Gasteiger partial charge is 0.479 e. The molecule has 0 aliphatic rings. The lowest BCUT2D eigenvalue weighted by Crippen LogP contribution is -2.26. The molecule has 1 unspecified atom stereocenters. The number of hydrogen-bond donors (Lipinski definition) is 2. The van der Waals surface area contributed by atoms with Crippen molar-refractivity contribution in [3.8, 4) is 5.75 Å². The number of nitrogens with one attached hydrogen (secondary N) is 2. The number of esters is 1. The van der Waals surface area contributed by atoms with Crippen LogP contribution in [0.4, 0.5) is 10.1 Å². The van der Waals surface area contributed by atoms with Crippen molar-refractivity contribution in [3.63, 3.8) is 0 Å². The highest BCUT2D eigenvalue weighted by Gasteiger charge is 2.15. The lowest BCUT2D eigenvalue weighted by molar-refractivity contribution is -0.150. The highest BCUT2D eigenvalue weighted by atomic mass is 19.1. The van der Waals surface area contributed by atoms with Crippen molar-refractivity contribution in [2.45, 2.75) is 26.4 Å². The van der Waals surface area contributed by atoms with Gasteiger partial charge in [0.25, 0.3) is 0 Å². The summed E-state index contributed by atoms with van der Waals surface area (Å²) in [7, 11) is 0. The molecule has 2 N–H and O–H groups in total. The van der Waals surface area contributed by atoms with E-state index in [1.807, 2.05) is 0 Å². The molecular formula is C21H22FN3O5. The van der Waals surface area contributed by atoms with Crippen LogP contribution < -0.4 is 15.5 Å². The molecule has 1 atom stereocenters. The Kier molecular flexibility index (Phi) is 8.49. The number of halogens is 1. The third-order valence-electron chi connectivity index (χ3n) is 3.68. The van der Waals surface area contributed by atoms with Gasteiger partial charge in [0.2, 0.25) is 11.8 Å². The van der Waals surface area contributed by atoms with Crippen molar-refractivity contribution in [3.05, 3.63) is 59.9 Å². The zero-order chi connectivity index (χ0) is 21.9. The molecule has 0 aromatic heterocycles. The zero-order valence-electron chi connectivity index (χ0n) is 16.6. The molecule has 0 aliphatic carbocycles. The Balaban J connectivity index is 1.79. The van der Waals surface area contributed by atoms with Crippen LogP contribution in [0.15, 0.2) is 53.6 Å². The molecule has 0 saturated carbocycles. The van der Waals surface area contributed by atoms with Gasteiger partial charge in [-0.25, -0.2) is 14.6 Å². The smallest absolute Gasteiger partial charge is 0.347 e. The number of carbonyl (C=O) groups is 3. The molecule has 0 bridgehead atoms. The van der Waals surface area contributed by atoms with E-state index >= 15 is 0 Å². The highest BCUT2D eigenvalue weighted by Crippen LogP contribution is 2.14. The molecule has 0 radical (unpaired) electrons. The van der Waals surface area contributed by atoms with E-state index in [0.29, 0.717) is 11.3 Å². The predicted octanol–water partition coefficient (Wildman–Crippen LogP) is 2.64. The SMILES string of the molecule is CCOC(=O)C(C)Oc1ccc(C=NNC(=O)CC(=O)Nc2ccccc2F)cc1. The van der Waals surface area contributed by atoms with Crippen molar-refractivity contribution in [1.82, 2.24) is 5.43 Å². The first-order chi connectivity index (χ1) is 14.4. The number of para-hydroxylation sites is 1. The Morgan fingerprint density at radius 2 is 1.80 bits per heavy atom. The number of hydrogen-bond acceptors (Lipinski definition) is 6. The van der Waals surface area contributed by atoms with Crippen molar-refractivity contribution in [1.29, 1.82) is 0 Å². The summed E-state index contributed by atoms with van der Waals surface area (Å²) in [5, 5.41) is 6.08. The third-order valence-corrected chi connectivity index (χ3v) is 3.68. The van der Waals surface area contributed by atoms with Gasteiger partial charge in [-0.05, 0) is 55.8 Å². The Hall–Kier alpha value is -3.75. The quantitative estimate of drug-likeness (QED) is 0.283. The maximum absolute atomic E-state index is 13.5. The van der Waals surface area contributed by atoms with Gasteiger partial charge in [-0.2, -0.15) is 5.10 Å². The summed E-state index contributed by atoms with van der Waals surface area (Å²) in [6.45, 7) is 3.58. The number of benzene rings is 2. The first-order valence-electron chi connectivity index (χ1n) is 9.18. The Bertz CT molecular complexity index is 915. The normalized spacial score (nSPS) is 11.6. The fourth-order valence-corrected chi connectivity index (χ4v) is 2.27. The fourth-order valence-electron chi connectivity index (χ4n) is 2.27. The second-order valence-corrected chi connectivity index (χ2v) is 6.08. The monoisotopic (exact) mass is 415 g/mol. The Morgan fingerprint density at radius 1 is 1.10 bits per heavy atom. The molecule has 30 heavy (non-hydrogen) atoms. The molecule has 2 amide bonds. The average Bonchev–Trinajstić information content (AvgIpc) is 2.71. The van der Waals surface area contributed by atoms with Crippen LogP contribution in [0, 0.1) is 5.82 Å². The summed E-state index contributed by atoms with van der Waals surface area (Å²) in [5.41, 5.74) is 2.88. The molecule has 8 nitrogen and oxygen atoms in total. The van der Waals surface area contributed by atoms with Crippen molar-refractivity contribution >= 4 is 29.7 Å².